The Morgan fingerprint density at radius 2 is 0.944 bits per heavy atom. The van der Waals surface area contributed by atoms with Gasteiger partial charge in [-0.25, -0.2) is 19.9 Å². The van der Waals surface area contributed by atoms with Crippen molar-refractivity contribution in [3.8, 4) is 0 Å². The number of nitrogens with two attached hydrogens (primary N) is 4. The molecule has 5 aliphatic rings. The van der Waals surface area contributed by atoms with E-state index in [0.717, 1.165) is 0 Å². The molecule has 0 radical (unpaired) electrons. The zero-order valence-electron chi connectivity index (χ0n) is 29.3. The number of hydrogen-bond donors (Lipinski definition) is 8. The van der Waals surface area contributed by atoms with Gasteiger partial charge in [-0.3, -0.25) is 19.2 Å². The predicted octanol–water partition coefficient (Wildman–Crippen LogP) is -0.491. The molecule has 5 fully saturated rings. The first-order valence-electron chi connectivity index (χ1n) is 17.8. The first kappa shape index (κ1) is 37.1. The summed E-state index contributed by atoms with van der Waals surface area (Å²) in [5, 5.41) is 12.7. The SMILES string of the molecule is Nc1nc(N)c(C(=O)/N=C2\NCC3(CCN(C(=O)[C@H]4CC[C@@H](C(=O)N5CCC6(CC5)CN/C(=N\C(=O)c5nc(Cl)c(N)nc5N)N6)CC4)CC3)N2)nc1Cl. The smallest absolute Gasteiger partial charge is 0.302 e. The molecule has 12 N–H and O–H groups in total. The predicted molar refractivity (Wildman–Crippen MR) is 200 cm³/mol. The largest absolute Gasteiger partial charge is 0.382 e. The Labute approximate surface area is 319 Å². The number of rotatable bonds is 4. The van der Waals surface area contributed by atoms with E-state index in [1.54, 1.807) is 0 Å². The molecule has 288 valence electrons. The number of aromatic nitrogens is 4. The highest BCUT2D eigenvalue weighted by molar-refractivity contribution is 6.32. The number of guanidine groups is 2. The van der Waals surface area contributed by atoms with Gasteiger partial charge < -0.3 is 54.0 Å². The Kier molecular flexibility index (Phi) is 9.98. The number of likely N-dealkylation sites (tertiary alicyclic amines) is 2. The van der Waals surface area contributed by atoms with Crippen molar-refractivity contribution in [3.63, 3.8) is 0 Å². The lowest BCUT2D eigenvalue weighted by Gasteiger charge is -2.42. The van der Waals surface area contributed by atoms with Crippen LogP contribution < -0.4 is 44.2 Å². The first-order valence-corrected chi connectivity index (χ1v) is 18.5. The highest BCUT2D eigenvalue weighted by Gasteiger charge is 2.44. The van der Waals surface area contributed by atoms with E-state index in [0.29, 0.717) is 103 Å². The molecule has 0 aromatic carbocycles. The van der Waals surface area contributed by atoms with Crippen molar-refractivity contribution in [1.29, 1.82) is 0 Å². The second-order valence-electron chi connectivity index (χ2n) is 14.5. The Morgan fingerprint density at radius 3 is 1.30 bits per heavy atom. The van der Waals surface area contributed by atoms with Crippen LogP contribution in [0.2, 0.25) is 10.3 Å². The average Bonchev–Trinajstić information content (AvgIpc) is 3.73. The number of piperidine rings is 2. The van der Waals surface area contributed by atoms with Gasteiger partial charge in [0.2, 0.25) is 11.8 Å². The van der Waals surface area contributed by atoms with Gasteiger partial charge in [-0.1, -0.05) is 23.2 Å². The molecule has 0 unspecified atom stereocenters. The van der Waals surface area contributed by atoms with Gasteiger partial charge in [0.25, 0.3) is 0 Å². The minimum Gasteiger partial charge on any atom is -0.382 e. The van der Waals surface area contributed by atoms with Crippen LogP contribution in [-0.4, -0.2) is 116 Å². The molecule has 7 rings (SSSR count). The number of nitrogen functional groups attached to an aromatic ring is 4. The number of hydrogen-bond acceptors (Lipinski definition) is 12. The quantitative estimate of drug-likeness (QED) is 0.194. The molecule has 1 saturated carbocycles. The zero-order chi connectivity index (χ0) is 38.4. The van der Waals surface area contributed by atoms with Crippen LogP contribution in [0, 0.1) is 11.8 Å². The van der Waals surface area contributed by atoms with Crippen LogP contribution in [0.5, 0.6) is 0 Å². The lowest BCUT2D eigenvalue weighted by Crippen LogP contribution is -2.55. The van der Waals surface area contributed by atoms with Crippen molar-refractivity contribution >= 4 is 82.0 Å². The number of aliphatic imine (C=N–C) groups is 2. The van der Waals surface area contributed by atoms with Crippen LogP contribution in [-0.2, 0) is 9.59 Å². The summed E-state index contributed by atoms with van der Waals surface area (Å²) in [7, 11) is 0. The highest BCUT2D eigenvalue weighted by atomic mass is 35.5. The monoisotopic (exact) mass is 784 g/mol. The van der Waals surface area contributed by atoms with Crippen LogP contribution in [0.3, 0.4) is 0 Å². The Bertz CT molecular complexity index is 1800. The van der Waals surface area contributed by atoms with Crippen LogP contribution in [0.1, 0.15) is 72.3 Å². The summed E-state index contributed by atoms with van der Waals surface area (Å²) >= 11 is 11.8. The Balaban J connectivity index is 0.846. The zero-order valence-corrected chi connectivity index (χ0v) is 30.8. The summed E-state index contributed by atoms with van der Waals surface area (Å²) in [6.45, 7) is 3.35. The Morgan fingerprint density at radius 1 is 0.593 bits per heavy atom. The topological polar surface area (TPSA) is 303 Å². The molecular weight excluding hydrogens is 743 g/mol. The molecule has 4 amide bonds. The third-order valence-electron chi connectivity index (χ3n) is 11.1. The summed E-state index contributed by atoms with van der Waals surface area (Å²) in [6, 6.07) is 0. The van der Waals surface area contributed by atoms with E-state index < -0.39 is 11.8 Å². The van der Waals surface area contributed by atoms with E-state index in [9.17, 15) is 19.2 Å². The minimum absolute atomic E-state index is 0.0740. The number of anilines is 4. The molecule has 2 aromatic rings. The highest BCUT2D eigenvalue weighted by Crippen LogP contribution is 2.35. The van der Waals surface area contributed by atoms with E-state index in [1.165, 1.54) is 0 Å². The lowest BCUT2D eigenvalue weighted by atomic mass is 9.79. The van der Waals surface area contributed by atoms with Gasteiger partial charge in [0.05, 0.1) is 11.1 Å². The van der Waals surface area contributed by atoms with Crippen molar-refractivity contribution in [2.75, 3.05) is 62.2 Å². The van der Waals surface area contributed by atoms with Gasteiger partial charge in [-0.05, 0) is 51.4 Å². The van der Waals surface area contributed by atoms with Gasteiger partial charge in [0, 0.05) is 51.1 Å². The normalized spacial score (nSPS) is 24.6. The number of nitrogens with one attached hydrogen (secondary N) is 4. The summed E-state index contributed by atoms with van der Waals surface area (Å²) in [4.78, 5) is 80.1. The summed E-state index contributed by atoms with van der Waals surface area (Å²) in [5.41, 5.74) is 21.7. The second kappa shape index (κ2) is 14.5. The maximum absolute atomic E-state index is 13.6. The van der Waals surface area contributed by atoms with Crippen LogP contribution in [0.4, 0.5) is 23.3 Å². The summed E-state index contributed by atoms with van der Waals surface area (Å²) in [5.74, 6) is -1.26. The van der Waals surface area contributed by atoms with E-state index in [4.69, 9.17) is 46.1 Å². The minimum atomic E-state index is -0.706. The van der Waals surface area contributed by atoms with Gasteiger partial charge in [0.15, 0.2) is 56.9 Å². The number of carbonyl (C=O) groups excluding carboxylic acids is 4. The number of carbonyl (C=O) groups is 4. The van der Waals surface area contributed by atoms with E-state index in [-0.39, 0.29) is 79.7 Å². The summed E-state index contributed by atoms with van der Waals surface area (Å²) in [6.07, 6.45) is 5.37. The third-order valence-corrected chi connectivity index (χ3v) is 11.6. The molecule has 4 saturated heterocycles. The molecule has 2 spiro atoms. The third kappa shape index (κ3) is 7.43. The molecule has 22 heteroatoms. The van der Waals surface area contributed by atoms with Crippen LogP contribution in [0.15, 0.2) is 9.98 Å². The fraction of sp³-hybridized carbons (Fsp3) is 0.562. The summed E-state index contributed by atoms with van der Waals surface area (Å²) < 4.78 is 0. The van der Waals surface area contributed by atoms with Crippen molar-refractivity contribution < 1.29 is 19.2 Å². The maximum atomic E-state index is 13.6. The molecule has 1 aliphatic carbocycles. The average molecular weight is 786 g/mol. The van der Waals surface area contributed by atoms with Crippen LogP contribution in [0.25, 0.3) is 0 Å². The van der Waals surface area contributed by atoms with Gasteiger partial charge in [-0.15, -0.1) is 0 Å². The lowest BCUT2D eigenvalue weighted by molar-refractivity contribution is -0.143. The van der Waals surface area contributed by atoms with Gasteiger partial charge in [0.1, 0.15) is 0 Å². The van der Waals surface area contributed by atoms with Crippen molar-refractivity contribution in [3.05, 3.63) is 21.7 Å². The van der Waals surface area contributed by atoms with E-state index >= 15 is 0 Å². The van der Waals surface area contributed by atoms with E-state index in [2.05, 4.69) is 51.2 Å². The van der Waals surface area contributed by atoms with Crippen molar-refractivity contribution in [2.45, 2.75) is 62.4 Å². The van der Waals surface area contributed by atoms with Gasteiger partial charge in [-0.2, -0.15) is 9.98 Å². The molecule has 2 aromatic heterocycles. The molecule has 54 heavy (non-hydrogen) atoms. The Hall–Kier alpha value is -5.24. The first-order chi connectivity index (χ1) is 25.7. The maximum Gasteiger partial charge on any atom is 0.302 e. The fourth-order valence-corrected chi connectivity index (χ4v) is 8.10. The molecule has 0 bridgehead atoms. The van der Waals surface area contributed by atoms with Crippen molar-refractivity contribution in [2.24, 2.45) is 21.8 Å². The standard InChI is InChI=1S/C32H42Cl2N16O4/c33-19-23(37)43-21(35)17(41-19)25(51)45-29-39-13-31(47-29)5-9-49(10-6-31)27(53)15-1-2-16(4-3-15)28(54)50-11-7-32(8-12-50)14-40-30(48-32)46-26(52)18-22(36)44-24(38)20(34)42-18/h15-16H,1-14H2,(H4,35,37,43)(H4,36,38,44)(H2,39,45,47,51)(H2,40,46,48,52)/t15-,16+. The number of amides is 4. The molecule has 6 heterocycles. The fourth-order valence-electron chi connectivity index (χ4n) is 7.84. The van der Waals surface area contributed by atoms with Crippen molar-refractivity contribution in [1.82, 2.24) is 51.0 Å². The molecule has 4 aliphatic heterocycles. The number of halogens is 2. The van der Waals surface area contributed by atoms with Crippen LogP contribution >= 0.6 is 23.2 Å². The van der Waals surface area contributed by atoms with E-state index in [1.807, 2.05) is 9.80 Å². The van der Waals surface area contributed by atoms with Gasteiger partial charge >= 0.3 is 11.8 Å². The number of nitrogens with zero attached hydrogens (tertiary/aromatic N) is 8. The molecular formula is C32H42Cl2N16O4. The molecule has 0 atom stereocenters. The second-order valence-corrected chi connectivity index (χ2v) is 15.2. The molecule has 20 nitrogen and oxygen atoms in total.